The summed E-state index contributed by atoms with van der Waals surface area (Å²) in [5, 5.41) is 2.31. The molecule has 1 rings (SSSR count). The second-order valence-corrected chi connectivity index (χ2v) is 7.11. The summed E-state index contributed by atoms with van der Waals surface area (Å²) >= 11 is 0. The second-order valence-electron chi connectivity index (χ2n) is 7.11. The van der Waals surface area contributed by atoms with Crippen molar-refractivity contribution < 1.29 is 31.9 Å². The molecular weight excluding hydrogens is 332 g/mol. The number of hydrogen-bond donors (Lipinski definition) is 1. The molecule has 0 unspecified atom stereocenters. The van der Waals surface area contributed by atoms with Gasteiger partial charge in [0.1, 0.15) is 11.6 Å². The quantitative estimate of drug-likeness (QED) is 0.788. The van der Waals surface area contributed by atoms with Crippen LogP contribution in [0.4, 0.5) is 22.4 Å². The molecule has 2 atom stereocenters. The Kier molecular flexibility index (Phi) is 5.77. The zero-order valence-corrected chi connectivity index (χ0v) is 14.5. The number of nitrogens with zero attached hydrogens (tertiary/aromatic N) is 1. The molecule has 5 nitrogen and oxygen atoms in total. The van der Waals surface area contributed by atoms with Crippen molar-refractivity contribution >= 4 is 12.0 Å². The largest absolute Gasteiger partial charge is 0.444 e. The molecule has 0 radical (unpaired) electrons. The first-order valence-corrected chi connectivity index (χ1v) is 7.74. The van der Waals surface area contributed by atoms with E-state index in [0.29, 0.717) is 11.3 Å². The van der Waals surface area contributed by atoms with Gasteiger partial charge in [0, 0.05) is 0 Å². The van der Waals surface area contributed by atoms with Crippen molar-refractivity contribution in [3.63, 3.8) is 0 Å². The van der Waals surface area contributed by atoms with Gasteiger partial charge in [0.2, 0.25) is 5.91 Å². The van der Waals surface area contributed by atoms with Crippen LogP contribution in [0.5, 0.6) is 0 Å². The number of ether oxygens (including phenoxy) is 1. The molecule has 0 aromatic heterocycles. The van der Waals surface area contributed by atoms with Crippen molar-refractivity contribution in [2.45, 2.75) is 64.5 Å². The maximum atomic E-state index is 13.3. The molecule has 0 bridgehead atoms. The van der Waals surface area contributed by atoms with Crippen LogP contribution in [0, 0.1) is 5.92 Å². The SMILES string of the molecule is CC[C@@H](C)[C@H](NC(=O)OC(C)(C)C)C(=O)N1CC(F)(F)C(F)(F)C1. The van der Waals surface area contributed by atoms with Gasteiger partial charge >= 0.3 is 17.9 Å². The Balaban J connectivity index is 2.90. The van der Waals surface area contributed by atoms with E-state index in [-0.39, 0.29) is 0 Å². The third-order valence-electron chi connectivity index (χ3n) is 3.78. The smallest absolute Gasteiger partial charge is 0.408 e. The molecule has 9 heteroatoms. The third-order valence-corrected chi connectivity index (χ3v) is 3.78. The average Bonchev–Trinajstić information content (AvgIpc) is 2.61. The molecule has 0 aliphatic carbocycles. The minimum atomic E-state index is -4.28. The van der Waals surface area contributed by atoms with Gasteiger partial charge in [-0.3, -0.25) is 4.79 Å². The molecule has 140 valence electrons. The lowest BCUT2D eigenvalue weighted by Crippen LogP contribution is -2.52. The van der Waals surface area contributed by atoms with Crippen LogP contribution in [0.25, 0.3) is 0 Å². The summed E-state index contributed by atoms with van der Waals surface area (Å²) in [6.07, 6.45) is -0.466. The van der Waals surface area contributed by atoms with Crippen molar-refractivity contribution in [2.24, 2.45) is 5.92 Å². The first kappa shape index (κ1) is 20.5. The van der Waals surface area contributed by atoms with Gasteiger partial charge in [-0.1, -0.05) is 20.3 Å². The highest BCUT2D eigenvalue weighted by atomic mass is 19.3. The number of carbonyl (C=O) groups excluding carboxylic acids is 2. The van der Waals surface area contributed by atoms with Crippen molar-refractivity contribution in [1.29, 1.82) is 0 Å². The van der Waals surface area contributed by atoms with Crippen LogP contribution in [0.2, 0.25) is 0 Å². The van der Waals surface area contributed by atoms with E-state index in [1.807, 2.05) is 0 Å². The highest BCUT2D eigenvalue weighted by molar-refractivity contribution is 5.86. The summed E-state index contributed by atoms with van der Waals surface area (Å²) in [7, 11) is 0. The lowest BCUT2D eigenvalue weighted by Gasteiger charge is -2.29. The van der Waals surface area contributed by atoms with Crippen LogP contribution in [-0.4, -0.2) is 53.5 Å². The number of carbonyl (C=O) groups is 2. The van der Waals surface area contributed by atoms with Gasteiger partial charge in [-0.15, -0.1) is 0 Å². The van der Waals surface area contributed by atoms with Gasteiger partial charge in [-0.2, -0.15) is 17.6 Å². The molecule has 2 amide bonds. The van der Waals surface area contributed by atoms with Crippen LogP contribution >= 0.6 is 0 Å². The number of halogens is 4. The first-order chi connectivity index (χ1) is 10.7. The highest BCUT2D eigenvalue weighted by Gasteiger charge is 2.64. The number of nitrogens with one attached hydrogen (secondary N) is 1. The fraction of sp³-hybridized carbons (Fsp3) is 0.867. The van der Waals surface area contributed by atoms with Gasteiger partial charge in [0.15, 0.2) is 0 Å². The number of alkyl carbamates (subject to hydrolysis) is 1. The molecule has 0 spiro atoms. The van der Waals surface area contributed by atoms with E-state index in [2.05, 4.69) is 5.32 Å². The zero-order chi connectivity index (χ0) is 18.9. The number of amides is 2. The summed E-state index contributed by atoms with van der Waals surface area (Å²) in [4.78, 5) is 24.7. The molecule has 1 aliphatic rings. The van der Waals surface area contributed by atoms with Crippen molar-refractivity contribution in [3.05, 3.63) is 0 Å². The van der Waals surface area contributed by atoms with E-state index in [1.54, 1.807) is 34.6 Å². The van der Waals surface area contributed by atoms with Gasteiger partial charge in [-0.05, 0) is 26.7 Å². The summed E-state index contributed by atoms with van der Waals surface area (Å²) in [6.45, 7) is 5.46. The average molecular weight is 356 g/mol. The minimum Gasteiger partial charge on any atom is -0.444 e. The summed E-state index contributed by atoms with van der Waals surface area (Å²) in [5.74, 6) is -9.97. The van der Waals surface area contributed by atoms with E-state index in [9.17, 15) is 27.2 Å². The molecular formula is C15H24F4N2O3. The monoisotopic (exact) mass is 356 g/mol. The molecule has 1 aliphatic heterocycles. The highest BCUT2D eigenvalue weighted by Crippen LogP contribution is 2.41. The number of likely N-dealkylation sites (tertiary alicyclic amines) is 1. The van der Waals surface area contributed by atoms with E-state index in [4.69, 9.17) is 4.74 Å². The fourth-order valence-corrected chi connectivity index (χ4v) is 2.24. The lowest BCUT2D eigenvalue weighted by molar-refractivity contribution is -0.172. The molecule has 1 heterocycles. The Morgan fingerprint density at radius 3 is 2.00 bits per heavy atom. The third kappa shape index (κ3) is 4.73. The maximum absolute atomic E-state index is 13.3. The summed E-state index contributed by atoms with van der Waals surface area (Å²) in [5.41, 5.74) is -0.819. The van der Waals surface area contributed by atoms with E-state index in [0.717, 1.165) is 0 Å². The Bertz CT molecular complexity index is 476. The molecule has 0 aromatic rings. The molecule has 24 heavy (non-hydrogen) atoms. The van der Waals surface area contributed by atoms with Crippen LogP contribution in [-0.2, 0) is 9.53 Å². The molecule has 1 fully saturated rings. The van der Waals surface area contributed by atoms with Crippen LogP contribution in [0.1, 0.15) is 41.0 Å². The Morgan fingerprint density at radius 1 is 1.17 bits per heavy atom. The standard InChI is InChI=1S/C15H24F4N2O3/c1-6-9(2)10(20-12(23)24-13(3,4)5)11(22)21-7-14(16,17)15(18,19)8-21/h9-10H,6-8H2,1-5H3,(H,20,23)/t9-,10+/m1/s1. The van der Waals surface area contributed by atoms with Crippen LogP contribution < -0.4 is 5.32 Å². The van der Waals surface area contributed by atoms with Crippen LogP contribution in [0.3, 0.4) is 0 Å². The zero-order valence-electron chi connectivity index (χ0n) is 14.5. The normalized spacial score (nSPS) is 22.0. The summed E-state index contributed by atoms with van der Waals surface area (Å²) < 4.78 is 58.3. The van der Waals surface area contributed by atoms with E-state index in [1.165, 1.54) is 0 Å². The fourth-order valence-electron chi connectivity index (χ4n) is 2.24. The molecule has 0 saturated carbocycles. The van der Waals surface area contributed by atoms with Crippen molar-refractivity contribution in [3.8, 4) is 0 Å². The Labute approximate surface area is 138 Å². The number of rotatable bonds is 4. The molecule has 0 aromatic carbocycles. The lowest BCUT2D eigenvalue weighted by atomic mass is 9.98. The second kappa shape index (κ2) is 6.76. The van der Waals surface area contributed by atoms with Crippen LogP contribution in [0.15, 0.2) is 0 Å². The van der Waals surface area contributed by atoms with Gasteiger partial charge in [0.05, 0.1) is 13.1 Å². The van der Waals surface area contributed by atoms with Crippen molar-refractivity contribution in [1.82, 2.24) is 10.2 Å². The van der Waals surface area contributed by atoms with Gasteiger partial charge in [0.25, 0.3) is 0 Å². The summed E-state index contributed by atoms with van der Waals surface area (Å²) in [6, 6.07) is -1.21. The van der Waals surface area contributed by atoms with E-state index < -0.39 is 54.5 Å². The Hall–Kier alpha value is -1.54. The molecule has 1 saturated heterocycles. The Morgan fingerprint density at radius 2 is 1.62 bits per heavy atom. The van der Waals surface area contributed by atoms with Gasteiger partial charge < -0.3 is 15.0 Å². The van der Waals surface area contributed by atoms with Crippen molar-refractivity contribution in [2.75, 3.05) is 13.1 Å². The first-order valence-electron chi connectivity index (χ1n) is 7.74. The number of alkyl halides is 4. The topological polar surface area (TPSA) is 58.6 Å². The van der Waals surface area contributed by atoms with Gasteiger partial charge in [-0.25, -0.2) is 4.79 Å². The number of hydrogen-bond acceptors (Lipinski definition) is 3. The maximum Gasteiger partial charge on any atom is 0.408 e. The minimum absolute atomic E-state index is 0.397. The van der Waals surface area contributed by atoms with E-state index >= 15 is 0 Å². The molecule has 1 N–H and O–H groups in total. The predicted molar refractivity (Wildman–Crippen MR) is 79.1 cm³/mol. The predicted octanol–water partition coefficient (Wildman–Crippen LogP) is 3.04.